The molecule has 0 aliphatic carbocycles. The normalized spacial score (nSPS) is 12.5. The number of para-hydroxylation sites is 4. The lowest BCUT2D eigenvalue weighted by Crippen LogP contribution is -2.10. The number of benzene rings is 8. The van der Waals surface area contributed by atoms with Crippen LogP contribution in [0.15, 0.2) is 164 Å². The SMILES string of the molecule is c1ccc(N(c2ccccc2)c2cccc3c4cc5ccccc5c5c6nc7c(nc6n(c23)c45)c2cc3ccccc3c3c4ccccc4n7c23)cc1. The van der Waals surface area contributed by atoms with Crippen LogP contribution in [0.25, 0.3) is 98.3 Å². The first kappa shape index (κ1) is 27.5. The van der Waals surface area contributed by atoms with Gasteiger partial charge in [0.05, 0.1) is 27.8 Å². The smallest absolute Gasteiger partial charge is 0.165 e. The highest BCUT2D eigenvalue weighted by atomic mass is 15.2. The van der Waals surface area contributed by atoms with Gasteiger partial charge in [-0.05, 0) is 70.1 Å². The maximum Gasteiger partial charge on any atom is 0.165 e. The van der Waals surface area contributed by atoms with Gasteiger partial charge in [0, 0.05) is 43.7 Å². The van der Waals surface area contributed by atoms with Gasteiger partial charge in [-0.15, -0.1) is 0 Å². The van der Waals surface area contributed by atoms with Gasteiger partial charge in [0.25, 0.3) is 0 Å². The molecule has 0 fully saturated rings. The monoisotopic (exact) mass is 673 g/mol. The number of hydrogen-bond acceptors (Lipinski definition) is 3. The van der Waals surface area contributed by atoms with Gasteiger partial charge in [-0.2, -0.15) is 0 Å². The molecule has 0 unspecified atom stereocenters. The van der Waals surface area contributed by atoms with E-state index in [9.17, 15) is 0 Å². The Balaban J connectivity index is 1.28. The van der Waals surface area contributed by atoms with E-state index in [0.717, 1.165) is 66.7 Å². The van der Waals surface area contributed by atoms with Gasteiger partial charge in [-0.3, -0.25) is 8.80 Å². The molecule has 0 N–H and O–H groups in total. The van der Waals surface area contributed by atoms with Crippen LogP contribution in [0.1, 0.15) is 0 Å². The van der Waals surface area contributed by atoms with E-state index in [1.54, 1.807) is 0 Å². The van der Waals surface area contributed by atoms with Crippen molar-refractivity contribution in [1.82, 2.24) is 18.8 Å². The van der Waals surface area contributed by atoms with E-state index in [4.69, 9.17) is 9.97 Å². The summed E-state index contributed by atoms with van der Waals surface area (Å²) in [7, 11) is 0. The Morgan fingerprint density at radius 2 is 0.925 bits per heavy atom. The van der Waals surface area contributed by atoms with Crippen LogP contribution < -0.4 is 4.90 Å². The van der Waals surface area contributed by atoms with E-state index in [1.807, 2.05) is 0 Å². The molecule has 8 aromatic carbocycles. The lowest BCUT2D eigenvalue weighted by atomic mass is 10.0. The lowest BCUT2D eigenvalue weighted by Gasteiger charge is -2.26. The molecule has 0 atom stereocenters. The van der Waals surface area contributed by atoms with Crippen LogP contribution >= 0.6 is 0 Å². The third-order valence-electron chi connectivity index (χ3n) is 11.5. The molecule has 0 aliphatic rings. The average molecular weight is 674 g/mol. The molecule has 53 heavy (non-hydrogen) atoms. The topological polar surface area (TPSA) is 37.8 Å². The summed E-state index contributed by atoms with van der Waals surface area (Å²) < 4.78 is 4.77. The summed E-state index contributed by atoms with van der Waals surface area (Å²) in [6, 6.07) is 58.9. The van der Waals surface area contributed by atoms with E-state index in [2.05, 4.69) is 177 Å². The van der Waals surface area contributed by atoms with E-state index < -0.39 is 0 Å². The zero-order valence-corrected chi connectivity index (χ0v) is 28.3. The molecule has 0 spiro atoms. The van der Waals surface area contributed by atoms with Crippen molar-refractivity contribution in [3.63, 3.8) is 0 Å². The second-order valence-electron chi connectivity index (χ2n) is 14.2. The van der Waals surface area contributed by atoms with E-state index in [-0.39, 0.29) is 0 Å². The van der Waals surface area contributed by atoms with Crippen molar-refractivity contribution in [2.75, 3.05) is 4.90 Å². The Labute approximate surface area is 301 Å². The lowest BCUT2D eigenvalue weighted by molar-refractivity contribution is 1.23. The van der Waals surface area contributed by atoms with E-state index in [0.29, 0.717) is 0 Å². The standard InChI is InChI=1S/C48H27N5/c1-3-16-30(17-4-1)51(31-18-5-2-6-19-31)39-25-13-23-34-36-26-28-14-8-10-21-33(28)41-43-48(53(44(34)39)45(36)41)49-42-37-27-29-15-7-9-20-32(29)40-35-22-11-12-24-38(35)52(46(37)40)47(42)50-43/h1-27H. The zero-order valence-electron chi connectivity index (χ0n) is 28.3. The third kappa shape index (κ3) is 3.37. The van der Waals surface area contributed by atoms with Crippen LogP contribution in [0.4, 0.5) is 17.1 Å². The predicted molar refractivity (Wildman–Crippen MR) is 221 cm³/mol. The molecule has 5 nitrogen and oxygen atoms in total. The number of hydrogen-bond donors (Lipinski definition) is 0. The van der Waals surface area contributed by atoms with Crippen LogP contribution in [-0.4, -0.2) is 18.8 Å². The molecular formula is C48H27N5. The molecule has 0 amide bonds. The molecule has 0 aliphatic heterocycles. The molecule has 5 aromatic heterocycles. The Kier molecular flexibility index (Phi) is 5.06. The zero-order chi connectivity index (χ0) is 34.4. The number of nitrogens with zero attached hydrogens (tertiary/aromatic N) is 5. The third-order valence-corrected chi connectivity index (χ3v) is 11.5. The van der Waals surface area contributed by atoms with Crippen LogP contribution in [0, 0.1) is 0 Å². The fraction of sp³-hybridized carbons (Fsp3) is 0. The number of fused-ring (bicyclic) bond motifs is 16. The average Bonchev–Trinajstić information content (AvgIpc) is 3.94. The highest BCUT2D eigenvalue weighted by molar-refractivity contribution is 6.34. The maximum absolute atomic E-state index is 5.74. The first-order valence-electron chi connectivity index (χ1n) is 18.1. The summed E-state index contributed by atoms with van der Waals surface area (Å²) in [5, 5.41) is 12.0. The minimum Gasteiger partial charge on any atom is -0.308 e. The van der Waals surface area contributed by atoms with Gasteiger partial charge >= 0.3 is 0 Å². The van der Waals surface area contributed by atoms with Crippen molar-refractivity contribution in [2.45, 2.75) is 0 Å². The summed E-state index contributed by atoms with van der Waals surface area (Å²) in [5.74, 6) is 0. The molecule has 244 valence electrons. The summed E-state index contributed by atoms with van der Waals surface area (Å²) >= 11 is 0. The quantitative estimate of drug-likeness (QED) is 0.187. The van der Waals surface area contributed by atoms with Crippen LogP contribution in [0.3, 0.4) is 0 Å². The molecule has 0 saturated carbocycles. The molecule has 0 bridgehead atoms. The van der Waals surface area contributed by atoms with Gasteiger partial charge in [0.2, 0.25) is 0 Å². The Bertz CT molecular complexity index is 3580. The van der Waals surface area contributed by atoms with Crippen molar-refractivity contribution in [1.29, 1.82) is 0 Å². The molecule has 13 aromatic rings. The fourth-order valence-corrected chi connectivity index (χ4v) is 9.40. The molecular weight excluding hydrogens is 647 g/mol. The molecule has 0 radical (unpaired) electrons. The number of rotatable bonds is 3. The highest BCUT2D eigenvalue weighted by Gasteiger charge is 2.28. The maximum atomic E-state index is 5.74. The minimum absolute atomic E-state index is 0.875. The predicted octanol–water partition coefficient (Wildman–Crippen LogP) is 12.6. The van der Waals surface area contributed by atoms with Gasteiger partial charge in [0.1, 0.15) is 11.0 Å². The summed E-state index contributed by atoms with van der Waals surface area (Å²) in [4.78, 5) is 13.8. The first-order valence-corrected chi connectivity index (χ1v) is 18.1. The highest BCUT2D eigenvalue weighted by Crippen LogP contribution is 2.48. The molecule has 0 saturated heterocycles. The van der Waals surface area contributed by atoms with Gasteiger partial charge in [-0.1, -0.05) is 115 Å². The number of aromatic nitrogens is 4. The van der Waals surface area contributed by atoms with Crippen LogP contribution in [-0.2, 0) is 0 Å². The van der Waals surface area contributed by atoms with Crippen molar-refractivity contribution < 1.29 is 0 Å². The second-order valence-corrected chi connectivity index (χ2v) is 14.2. The minimum atomic E-state index is 0.875. The summed E-state index contributed by atoms with van der Waals surface area (Å²) in [6.07, 6.45) is 0. The largest absolute Gasteiger partial charge is 0.308 e. The van der Waals surface area contributed by atoms with Crippen molar-refractivity contribution >= 4 is 115 Å². The molecule has 5 heteroatoms. The second kappa shape index (κ2) is 9.75. The van der Waals surface area contributed by atoms with Crippen molar-refractivity contribution in [3.05, 3.63) is 164 Å². The first-order chi connectivity index (χ1) is 26.3. The summed E-state index contributed by atoms with van der Waals surface area (Å²) in [6.45, 7) is 0. The fourth-order valence-electron chi connectivity index (χ4n) is 9.40. The Hall–Kier alpha value is -7.24. The van der Waals surface area contributed by atoms with Gasteiger partial charge < -0.3 is 4.90 Å². The Morgan fingerprint density at radius 3 is 1.66 bits per heavy atom. The van der Waals surface area contributed by atoms with Crippen molar-refractivity contribution in [2.24, 2.45) is 0 Å². The Morgan fingerprint density at radius 1 is 0.377 bits per heavy atom. The van der Waals surface area contributed by atoms with Crippen molar-refractivity contribution in [3.8, 4) is 0 Å². The van der Waals surface area contributed by atoms with E-state index in [1.165, 1.54) is 48.6 Å². The van der Waals surface area contributed by atoms with Gasteiger partial charge in [-0.25, -0.2) is 9.97 Å². The van der Waals surface area contributed by atoms with Crippen LogP contribution in [0.2, 0.25) is 0 Å². The van der Waals surface area contributed by atoms with Gasteiger partial charge in [0.15, 0.2) is 11.3 Å². The number of anilines is 3. The molecule has 13 rings (SSSR count). The summed E-state index contributed by atoms with van der Waals surface area (Å²) in [5.41, 5.74) is 11.5. The van der Waals surface area contributed by atoms with Crippen LogP contribution in [0.5, 0.6) is 0 Å². The van der Waals surface area contributed by atoms with E-state index >= 15 is 0 Å². The molecule has 5 heterocycles.